The fraction of sp³-hybridized carbons (Fsp3) is 0.167. The number of rotatable bonds is 3. The molecule has 6 heteroatoms. The van der Waals surface area contributed by atoms with Crippen molar-refractivity contribution in [2.75, 3.05) is 4.90 Å². The second-order valence-electron chi connectivity index (χ2n) is 7.74. The lowest BCUT2D eigenvalue weighted by atomic mass is 9.97. The molecular weight excluding hydrogens is 396 g/mol. The number of ketones is 1. The number of aliphatic hydroxyl groups is 2. The number of carbonyl (C=O) groups excluding carboxylic acids is 1. The van der Waals surface area contributed by atoms with E-state index in [4.69, 9.17) is 12.2 Å². The highest BCUT2D eigenvalue weighted by Crippen LogP contribution is 2.54. The van der Waals surface area contributed by atoms with Crippen LogP contribution in [0.4, 0.5) is 5.69 Å². The zero-order valence-corrected chi connectivity index (χ0v) is 17.1. The maximum absolute atomic E-state index is 13.4. The van der Waals surface area contributed by atoms with Gasteiger partial charge in [0.15, 0.2) is 5.11 Å². The van der Waals surface area contributed by atoms with E-state index in [2.05, 4.69) is 0 Å². The summed E-state index contributed by atoms with van der Waals surface area (Å²) in [4.78, 5) is 16.4. The minimum Gasteiger partial charge on any atom is -0.362 e. The van der Waals surface area contributed by atoms with Crippen LogP contribution in [0.1, 0.15) is 27.0 Å². The first-order chi connectivity index (χ1) is 14.4. The van der Waals surface area contributed by atoms with E-state index in [1.54, 1.807) is 24.3 Å². The van der Waals surface area contributed by atoms with Gasteiger partial charge in [0, 0.05) is 23.4 Å². The van der Waals surface area contributed by atoms with Crippen molar-refractivity contribution in [3.05, 3.63) is 101 Å². The lowest BCUT2D eigenvalue weighted by Gasteiger charge is -2.37. The number of hydrogen-bond acceptors (Lipinski definition) is 4. The maximum Gasteiger partial charge on any atom is 0.259 e. The number of anilines is 1. The number of Topliss-reactive ketones (excluding diaryl/α,β-unsaturated/α-hetero) is 1. The van der Waals surface area contributed by atoms with Crippen molar-refractivity contribution in [1.82, 2.24) is 4.90 Å². The second-order valence-corrected chi connectivity index (χ2v) is 8.11. The molecule has 1 aliphatic heterocycles. The zero-order chi connectivity index (χ0) is 21.1. The molecule has 1 fully saturated rings. The van der Waals surface area contributed by atoms with Crippen molar-refractivity contribution in [3.8, 4) is 0 Å². The molecule has 1 aliphatic carbocycles. The van der Waals surface area contributed by atoms with Crippen LogP contribution in [0, 0.1) is 6.92 Å². The number of fused-ring (bicyclic) bond motifs is 3. The first-order valence-corrected chi connectivity index (χ1v) is 10.1. The fourth-order valence-electron chi connectivity index (χ4n) is 4.44. The van der Waals surface area contributed by atoms with Crippen LogP contribution in [0.15, 0.2) is 78.9 Å². The second kappa shape index (κ2) is 6.47. The van der Waals surface area contributed by atoms with Gasteiger partial charge in [0.05, 0.1) is 0 Å². The molecule has 2 atom stereocenters. The van der Waals surface area contributed by atoms with Crippen LogP contribution in [0.25, 0.3) is 0 Å². The highest BCUT2D eigenvalue weighted by Gasteiger charge is 2.74. The van der Waals surface area contributed by atoms with Crippen molar-refractivity contribution in [2.45, 2.75) is 24.9 Å². The third kappa shape index (κ3) is 2.29. The number of thiocarbonyl (C=S) groups is 1. The summed E-state index contributed by atoms with van der Waals surface area (Å²) in [7, 11) is 0. The lowest BCUT2D eigenvalue weighted by molar-refractivity contribution is -0.156. The molecule has 0 saturated carbocycles. The number of hydrogen-bond donors (Lipinski definition) is 2. The van der Waals surface area contributed by atoms with Gasteiger partial charge in [-0.25, -0.2) is 0 Å². The Bertz CT molecular complexity index is 1160. The van der Waals surface area contributed by atoms with Crippen molar-refractivity contribution in [3.63, 3.8) is 0 Å². The Balaban J connectivity index is 1.74. The Hall–Kier alpha value is -3.06. The topological polar surface area (TPSA) is 64.0 Å². The molecule has 2 aliphatic rings. The van der Waals surface area contributed by atoms with E-state index in [1.807, 2.05) is 61.5 Å². The normalized spacial score (nSPS) is 24.9. The average molecular weight is 417 g/mol. The summed E-state index contributed by atoms with van der Waals surface area (Å²) in [5.74, 6) is -0.562. The number of benzene rings is 3. The molecular formula is C24H20N2O3S. The molecule has 2 N–H and O–H groups in total. The SMILES string of the molecule is Cc1ccc(N2C(=S)N(Cc3ccccc3)[C@]3(O)C(=O)c4ccccc4[C@]23O)cc1. The van der Waals surface area contributed by atoms with Gasteiger partial charge in [0.2, 0.25) is 11.5 Å². The molecule has 150 valence electrons. The molecule has 5 nitrogen and oxygen atoms in total. The summed E-state index contributed by atoms with van der Waals surface area (Å²) in [6.45, 7) is 2.15. The summed E-state index contributed by atoms with van der Waals surface area (Å²) in [6, 6.07) is 23.7. The zero-order valence-electron chi connectivity index (χ0n) is 16.3. The van der Waals surface area contributed by atoms with Gasteiger partial charge in [-0.05, 0) is 36.8 Å². The Morgan fingerprint density at radius 2 is 1.50 bits per heavy atom. The molecule has 1 saturated heterocycles. The number of carbonyl (C=O) groups is 1. The van der Waals surface area contributed by atoms with E-state index in [-0.39, 0.29) is 11.7 Å². The van der Waals surface area contributed by atoms with Crippen LogP contribution in [0.5, 0.6) is 0 Å². The van der Waals surface area contributed by atoms with Crippen molar-refractivity contribution in [1.29, 1.82) is 0 Å². The van der Waals surface area contributed by atoms with Gasteiger partial charge < -0.3 is 15.1 Å². The predicted molar refractivity (Wildman–Crippen MR) is 118 cm³/mol. The molecule has 0 amide bonds. The van der Waals surface area contributed by atoms with Crippen LogP contribution in [-0.4, -0.2) is 31.7 Å². The largest absolute Gasteiger partial charge is 0.362 e. The maximum atomic E-state index is 13.4. The summed E-state index contributed by atoms with van der Waals surface area (Å²) in [5.41, 5.74) is -1.13. The quantitative estimate of drug-likeness (QED) is 0.639. The van der Waals surface area contributed by atoms with Crippen molar-refractivity contribution in [2.24, 2.45) is 0 Å². The monoisotopic (exact) mass is 416 g/mol. The molecule has 0 aromatic heterocycles. The van der Waals surface area contributed by atoms with Gasteiger partial charge >= 0.3 is 0 Å². The van der Waals surface area contributed by atoms with E-state index in [0.29, 0.717) is 16.8 Å². The first kappa shape index (κ1) is 18.9. The predicted octanol–water partition coefficient (Wildman–Crippen LogP) is 3.33. The Labute approximate surface area is 179 Å². The minimum absolute atomic E-state index is 0.181. The third-order valence-corrected chi connectivity index (χ3v) is 6.37. The highest BCUT2D eigenvalue weighted by molar-refractivity contribution is 7.80. The Morgan fingerprint density at radius 1 is 0.867 bits per heavy atom. The Morgan fingerprint density at radius 3 is 2.20 bits per heavy atom. The molecule has 5 rings (SSSR count). The number of aryl methyl sites for hydroxylation is 1. The molecule has 0 spiro atoms. The number of nitrogens with zero attached hydrogens (tertiary/aromatic N) is 2. The van der Waals surface area contributed by atoms with Crippen molar-refractivity contribution < 1.29 is 15.0 Å². The first-order valence-electron chi connectivity index (χ1n) is 9.70. The molecule has 0 radical (unpaired) electrons. The molecule has 3 aromatic carbocycles. The summed E-state index contributed by atoms with van der Waals surface area (Å²) in [5, 5.41) is 24.1. The minimum atomic E-state index is -2.24. The van der Waals surface area contributed by atoms with Crippen LogP contribution >= 0.6 is 12.2 Å². The van der Waals surface area contributed by atoms with E-state index < -0.39 is 17.2 Å². The molecule has 30 heavy (non-hydrogen) atoms. The van der Waals surface area contributed by atoms with Gasteiger partial charge in [-0.15, -0.1) is 0 Å². The van der Waals surface area contributed by atoms with E-state index in [9.17, 15) is 15.0 Å². The van der Waals surface area contributed by atoms with Gasteiger partial charge in [0.25, 0.3) is 5.72 Å². The van der Waals surface area contributed by atoms with Crippen LogP contribution in [0.3, 0.4) is 0 Å². The molecule has 0 bridgehead atoms. The average Bonchev–Trinajstić information content (AvgIpc) is 3.04. The molecule has 3 aromatic rings. The van der Waals surface area contributed by atoms with Gasteiger partial charge in [-0.3, -0.25) is 9.69 Å². The van der Waals surface area contributed by atoms with E-state index >= 15 is 0 Å². The van der Waals surface area contributed by atoms with Crippen LogP contribution < -0.4 is 4.90 Å². The van der Waals surface area contributed by atoms with Gasteiger partial charge in [-0.2, -0.15) is 0 Å². The van der Waals surface area contributed by atoms with Gasteiger partial charge in [-0.1, -0.05) is 72.3 Å². The summed E-state index contributed by atoms with van der Waals surface area (Å²) < 4.78 is 0. The smallest absolute Gasteiger partial charge is 0.259 e. The van der Waals surface area contributed by atoms with Crippen molar-refractivity contribution >= 4 is 28.8 Å². The fourth-order valence-corrected chi connectivity index (χ4v) is 4.88. The summed E-state index contributed by atoms with van der Waals surface area (Å²) >= 11 is 5.74. The molecule has 1 heterocycles. The van der Waals surface area contributed by atoms with E-state index in [1.165, 1.54) is 9.80 Å². The van der Waals surface area contributed by atoms with E-state index in [0.717, 1.165) is 11.1 Å². The standard InChI is InChI=1S/C24H20N2O3S/c1-16-11-13-18(14-12-16)26-22(30)25(15-17-7-3-2-4-8-17)24(29)21(27)19-9-5-6-10-20(19)23(24,26)28/h2-14,28-29H,15H2,1H3/t23-,24+/m1/s1. The van der Waals surface area contributed by atoms with Crippen LogP contribution in [-0.2, 0) is 12.3 Å². The summed E-state index contributed by atoms with van der Waals surface area (Å²) in [6.07, 6.45) is 0. The lowest BCUT2D eigenvalue weighted by Crippen LogP contribution is -2.60. The van der Waals surface area contributed by atoms with Gasteiger partial charge in [0.1, 0.15) is 0 Å². The molecule has 0 unspecified atom stereocenters. The third-order valence-electron chi connectivity index (χ3n) is 5.96. The highest BCUT2D eigenvalue weighted by atomic mass is 32.1. The Kier molecular flexibility index (Phi) is 4.08. The van der Waals surface area contributed by atoms with Crippen LogP contribution in [0.2, 0.25) is 0 Å².